The summed E-state index contributed by atoms with van der Waals surface area (Å²) in [7, 11) is 0. The number of carboxylic acid groups (broad SMARTS) is 6. The van der Waals surface area contributed by atoms with E-state index in [-0.39, 0.29) is 105 Å². The van der Waals surface area contributed by atoms with Gasteiger partial charge in [-0.05, 0) is 33.4 Å². The van der Waals surface area contributed by atoms with Crippen molar-refractivity contribution in [3.8, 4) is 0 Å². The van der Waals surface area contributed by atoms with Crippen molar-refractivity contribution in [1.29, 1.82) is 0 Å². The Morgan fingerprint density at radius 2 is 0.368 bits per heavy atom. The molecular weight excluding hydrogens is 758 g/mol. The molecule has 186 valence electrons. The first kappa shape index (κ1) is 37.0. The second-order valence-electron chi connectivity index (χ2n) is 6.46. The number of carbonyl (C=O) groups is 6. The minimum Gasteiger partial charge on any atom is -0.545 e. The topological polar surface area (TPSA) is 241 Å². The molecule has 0 aliphatic heterocycles. The minimum atomic E-state index is -1.33. The molecule has 0 bridgehead atoms. The number of hydrogen-bond acceptors (Lipinski definition) is 12. The Kier molecular flexibility index (Phi) is 17.7. The first-order valence-electron chi connectivity index (χ1n) is 9.41. The van der Waals surface area contributed by atoms with Crippen molar-refractivity contribution in [3.05, 3.63) is 106 Å². The van der Waals surface area contributed by atoms with Gasteiger partial charge in [-0.25, -0.2) is 0 Å². The van der Waals surface area contributed by atoms with Gasteiger partial charge in [0.15, 0.2) is 0 Å². The molecule has 0 radical (unpaired) electrons. The Morgan fingerprint density at radius 1 is 0.289 bits per heavy atom. The summed E-state index contributed by atoms with van der Waals surface area (Å²) >= 11 is 0. The monoisotopic (exact) mass is 770 g/mol. The minimum absolute atomic E-state index is 0. The van der Waals surface area contributed by atoms with Gasteiger partial charge in [0, 0.05) is 0 Å². The van der Waals surface area contributed by atoms with Crippen molar-refractivity contribution >= 4 is 35.8 Å². The van der Waals surface area contributed by atoms with Gasteiger partial charge in [0.25, 0.3) is 0 Å². The van der Waals surface area contributed by atoms with Gasteiger partial charge in [-0.15, -0.1) is 0 Å². The fourth-order valence-corrected chi connectivity index (χ4v) is 2.23. The van der Waals surface area contributed by atoms with E-state index in [9.17, 15) is 59.4 Å². The largest absolute Gasteiger partial charge is 3.00 e. The summed E-state index contributed by atoms with van der Waals surface area (Å²) in [6.45, 7) is 0. The van der Waals surface area contributed by atoms with Crippen LogP contribution in [0, 0.1) is 71.2 Å². The molecule has 0 amide bonds. The first-order chi connectivity index (χ1) is 16.8. The van der Waals surface area contributed by atoms with E-state index in [1.165, 1.54) is 0 Å². The Hall–Kier alpha value is -3.13. The molecule has 0 heterocycles. The number of carbonyl (C=O) groups excluding carboxylic acids is 6. The molecule has 0 fully saturated rings. The average Bonchev–Trinajstić information content (AvgIpc) is 2.84. The molecule has 0 saturated carbocycles. The molecule has 0 aliphatic rings. The van der Waals surface area contributed by atoms with Crippen LogP contribution in [-0.2, 0) is 0 Å². The van der Waals surface area contributed by atoms with Crippen molar-refractivity contribution in [3.63, 3.8) is 0 Å². The fourth-order valence-electron chi connectivity index (χ4n) is 2.23. The van der Waals surface area contributed by atoms with E-state index in [4.69, 9.17) is 0 Å². The van der Waals surface area contributed by atoms with Gasteiger partial charge in [0.05, 0.1) is 35.8 Å². The molecule has 0 aliphatic carbocycles. The molecule has 3 rings (SSSR count). The molecule has 3 aromatic rings. The van der Waals surface area contributed by atoms with Gasteiger partial charge in [-0.1, -0.05) is 72.8 Å². The standard InChI is InChI=1S/3C8H6O4.2La/c3*9-7(10)5-1-2-6(4-3-5)8(11)12;;/h3*1-4H,(H,9,10)(H,11,12);;/q;;;2*+3/p-6. The van der Waals surface area contributed by atoms with Gasteiger partial charge in [-0.2, -0.15) is 0 Å². The summed E-state index contributed by atoms with van der Waals surface area (Å²) in [5, 5.41) is 61.2. The molecule has 0 N–H and O–H groups in total. The number of benzene rings is 3. The quantitative estimate of drug-likeness (QED) is 0.230. The van der Waals surface area contributed by atoms with Gasteiger partial charge in [0.2, 0.25) is 0 Å². The van der Waals surface area contributed by atoms with Gasteiger partial charge in [-0.3, -0.25) is 0 Å². The van der Waals surface area contributed by atoms with Crippen molar-refractivity contribution in [2.45, 2.75) is 0 Å². The summed E-state index contributed by atoms with van der Waals surface area (Å²) < 4.78 is 0. The number of hydrogen-bond donors (Lipinski definition) is 0. The average molecular weight is 770 g/mol. The SMILES string of the molecule is O=C([O-])c1ccc(C(=O)[O-])cc1.O=C([O-])c1ccc(C(=O)[O-])cc1.O=C([O-])c1ccc(C(=O)[O-])cc1.[La+3].[La+3]. The van der Waals surface area contributed by atoms with Gasteiger partial charge >= 0.3 is 71.2 Å². The third-order valence-corrected chi connectivity index (χ3v) is 4.07. The van der Waals surface area contributed by atoms with Gasteiger partial charge in [0.1, 0.15) is 0 Å². The first-order valence-corrected chi connectivity index (χ1v) is 9.41. The number of carboxylic acids is 6. The van der Waals surface area contributed by atoms with E-state index >= 15 is 0 Å². The van der Waals surface area contributed by atoms with Crippen LogP contribution in [0.3, 0.4) is 0 Å². The van der Waals surface area contributed by atoms with Crippen LogP contribution >= 0.6 is 0 Å². The van der Waals surface area contributed by atoms with Crippen LogP contribution < -0.4 is 30.6 Å². The molecule has 12 nitrogen and oxygen atoms in total. The molecule has 0 spiro atoms. The van der Waals surface area contributed by atoms with Crippen LogP contribution in [0.15, 0.2) is 72.8 Å². The maximum atomic E-state index is 10.2. The van der Waals surface area contributed by atoms with E-state index < -0.39 is 35.8 Å². The van der Waals surface area contributed by atoms with E-state index in [1.54, 1.807) is 0 Å². The van der Waals surface area contributed by atoms with Crippen LogP contribution in [-0.4, -0.2) is 35.8 Å². The van der Waals surface area contributed by atoms with Crippen molar-refractivity contribution in [2.24, 2.45) is 0 Å². The second kappa shape index (κ2) is 18.2. The second-order valence-corrected chi connectivity index (χ2v) is 6.46. The third-order valence-electron chi connectivity index (χ3n) is 4.07. The molecule has 3 aromatic carbocycles. The van der Waals surface area contributed by atoms with E-state index in [2.05, 4.69) is 0 Å². The molecule has 14 heteroatoms. The molecule has 38 heavy (non-hydrogen) atoms. The third kappa shape index (κ3) is 12.9. The van der Waals surface area contributed by atoms with Crippen LogP contribution in [0.4, 0.5) is 0 Å². The van der Waals surface area contributed by atoms with E-state index in [0.29, 0.717) is 0 Å². The van der Waals surface area contributed by atoms with Crippen molar-refractivity contribution in [1.82, 2.24) is 0 Å². The van der Waals surface area contributed by atoms with E-state index in [0.717, 1.165) is 72.8 Å². The molecule has 0 aromatic heterocycles. The zero-order valence-electron chi connectivity index (χ0n) is 19.0. The van der Waals surface area contributed by atoms with Crippen LogP contribution in [0.25, 0.3) is 0 Å². The van der Waals surface area contributed by atoms with E-state index in [1.807, 2.05) is 0 Å². The Balaban J connectivity index is 0. The Labute approximate surface area is 270 Å². The summed E-state index contributed by atoms with van der Waals surface area (Å²) in [6.07, 6.45) is 0. The molecule has 0 saturated heterocycles. The van der Waals surface area contributed by atoms with Crippen molar-refractivity contribution < 1.29 is 131 Å². The van der Waals surface area contributed by atoms with Crippen LogP contribution in [0.1, 0.15) is 62.1 Å². The molecule has 0 unspecified atom stereocenters. The fraction of sp³-hybridized carbons (Fsp3) is 0. The maximum Gasteiger partial charge on any atom is 3.00 e. The van der Waals surface area contributed by atoms with Crippen molar-refractivity contribution in [2.75, 3.05) is 0 Å². The zero-order chi connectivity index (χ0) is 27.4. The predicted molar refractivity (Wildman–Crippen MR) is 105 cm³/mol. The number of rotatable bonds is 6. The summed E-state index contributed by atoms with van der Waals surface area (Å²) in [5.41, 5.74) is -0.333. The molecule has 0 atom stereocenters. The smallest absolute Gasteiger partial charge is 0.545 e. The molecular formula is C24H12La2O12. The Morgan fingerprint density at radius 3 is 0.421 bits per heavy atom. The Bertz CT molecular complexity index is 1010. The predicted octanol–water partition coefficient (Wildman–Crippen LogP) is -4.76. The maximum absolute atomic E-state index is 10.2. The normalized spacial score (nSPS) is 8.84. The van der Waals surface area contributed by atoms with Crippen LogP contribution in [0.5, 0.6) is 0 Å². The summed E-state index contributed by atoms with van der Waals surface area (Å²) in [6, 6.07) is 13.8. The summed E-state index contributed by atoms with van der Waals surface area (Å²) in [5.74, 6) is -8.00. The zero-order valence-corrected chi connectivity index (χ0v) is 26.2. The summed E-state index contributed by atoms with van der Waals surface area (Å²) in [4.78, 5) is 61.2. The van der Waals surface area contributed by atoms with Crippen LogP contribution in [0.2, 0.25) is 0 Å². The number of aromatic carboxylic acids is 6. The van der Waals surface area contributed by atoms with Gasteiger partial charge < -0.3 is 59.4 Å².